The number of halogens is 2. The van der Waals surface area contributed by atoms with Gasteiger partial charge in [-0.1, -0.05) is 51.1 Å². The van der Waals surface area contributed by atoms with Crippen LogP contribution in [0.25, 0.3) is 11.3 Å². The lowest BCUT2D eigenvalue weighted by atomic mass is 9.85. The van der Waals surface area contributed by atoms with Crippen LogP contribution in [-0.4, -0.2) is 45.2 Å². The number of rotatable bonds is 6. The first kappa shape index (κ1) is 23.5. The first-order valence-electron chi connectivity index (χ1n) is 11.0. The minimum absolute atomic E-state index is 0.0915. The Balaban J connectivity index is 1.84. The standard InChI is InChI=1S/C25H30F2N4O2/c1-25(2,3)22(31-14-18(12-28)33-24(31)32)23-29-21(19-11-17(26)9-10-20(19)27)15-30(23)13-16-7-5-4-6-8-16/h4-11,15,18,22,24,32H,12-14,28H2,1-3H3/t18-,22-,24?/m0/s1. The lowest BCUT2D eigenvalue weighted by molar-refractivity contribution is -0.170. The lowest BCUT2D eigenvalue weighted by Gasteiger charge is -2.38. The van der Waals surface area contributed by atoms with E-state index in [2.05, 4.69) is 0 Å². The minimum Gasteiger partial charge on any atom is -0.356 e. The number of hydrogen-bond acceptors (Lipinski definition) is 5. The first-order valence-corrected chi connectivity index (χ1v) is 11.0. The van der Waals surface area contributed by atoms with E-state index in [9.17, 15) is 13.9 Å². The predicted octanol–water partition coefficient (Wildman–Crippen LogP) is 3.90. The number of nitrogens with two attached hydrogens (primary N) is 1. The molecule has 1 saturated heterocycles. The summed E-state index contributed by atoms with van der Waals surface area (Å²) >= 11 is 0. The number of imidazole rings is 1. The molecule has 0 amide bonds. The van der Waals surface area contributed by atoms with Crippen molar-refractivity contribution in [3.8, 4) is 11.3 Å². The van der Waals surface area contributed by atoms with Crippen molar-refractivity contribution in [1.82, 2.24) is 14.5 Å². The summed E-state index contributed by atoms with van der Waals surface area (Å²) in [5, 5.41) is 10.7. The van der Waals surface area contributed by atoms with Gasteiger partial charge in [0.1, 0.15) is 17.5 Å². The Labute approximate surface area is 192 Å². The van der Waals surface area contributed by atoms with E-state index in [1.54, 1.807) is 6.20 Å². The molecule has 4 rings (SSSR count). The molecule has 1 unspecified atom stereocenters. The molecule has 3 atom stereocenters. The van der Waals surface area contributed by atoms with E-state index in [-0.39, 0.29) is 29.7 Å². The molecule has 1 aliphatic heterocycles. The van der Waals surface area contributed by atoms with Crippen LogP contribution in [0, 0.1) is 17.0 Å². The maximum Gasteiger partial charge on any atom is 0.217 e. The van der Waals surface area contributed by atoms with Crippen molar-refractivity contribution in [1.29, 1.82) is 0 Å². The van der Waals surface area contributed by atoms with Crippen LogP contribution >= 0.6 is 0 Å². The van der Waals surface area contributed by atoms with E-state index in [1.807, 2.05) is 60.6 Å². The summed E-state index contributed by atoms with van der Waals surface area (Å²) in [5.41, 5.74) is 6.88. The Hall–Kier alpha value is -2.65. The molecule has 0 radical (unpaired) electrons. The van der Waals surface area contributed by atoms with Crippen molar-refractivity contribution in [2.45, 2.75) is 45.9 Å². The van der Waals surface area contributed by atoms with Crippen LogP contribution in [0.4, 0.5) is 8.78 Å². The van der Waals surface area contributed by atoms with Crippen molar-refractivity contribution in [3.05, 3.63) is 77.8 Å². The molecule has 3 N–H and O–H groups in total. The Morgan fingerprint density at radius 1 is 1.18 bits per heavy atom. The fourth-order valence-electron chi connectivity index (χ4n) is 4.39. The molecule has 1 aromatic heterocycles. The highest BCUT2D eigenvalue weighted by atomic mass is 19.1. The molecule has 6 nitrogen and oxygen atoms in total. The third kappa shape index (κ3) is 4.99. The molecule has 33 heavy (non-hydrogen) atoms. The smallest absolute Gasteiger partial charge is 0.217 e. The van der Waals surface area contributed by atoms with Crippen molar-refractivity contribution in [2.75, 3.05) is 13.1 Å². The van der Waals surface area contributed by atoms with Gasteiger partial charge in [0.15, 0.2) is 0 Å². The molecule has 1 aliphatic rings. The molecule has 8 heteroatoms. The second-order valence-electron chi connectivity index (χ2n) is 9.51. The highest BCUT2D eigenvalue weighted by Gasteiger charge is 2.43. The summed E-state index contributed by atoms with van der Waals surface area (Å²) in [7, 11) is 0. The minimum atomic E-state index is -1.14. The molecular weight excluding hydrogens is 426 g/mol. The zero-order valence-corrected chi connectivity index (χ0v) is 19.1. The first-order chi connectivity index (χ1) is 15.7. The average molecular weight is 457 g/mol. The number of hydrogen-bond donors (Lipinski definition) is 2. The number of ether oxygens (including phenoxy) is 1. The summed E-state index contributed by atoms with van der Waals surface area (Å²) < 4.78 is 36.1. The zero-order chi connectivity index (χ0) is 23.8. The van der Waals surface area contributed by atoms with Gasteiger partial charge < -0.3 is 20.1 Å². The molecule has 0 saturated carbocycles. The maximum atomic E-state index is 14.6. The molecule has 0 bridgehead atoms. The molecule has 1 fully saturated rings. The highest BCUT2D eigenvalue weighted by molar-refractivity contribution is 5.59. The van der Waals surface area contributed by atoms with E-state index >= 15 is 0 Å². The van der Waals surface area contributed by atoms with E-state index < -0.39 is 18.0 Å². The number of benzene rings is 2. The Morgan fingerprint density at radius 3 is 2.55 bits per heavy atom. The van der Waals surface area contributed by atoms with E-state index in [1.165, 1.54) is 0 Å². The molecule has 2 heterocycles. The van der Waals surface area contributed by atoms with Gasteiger partial charge in [0, 0.05) is 31.4 Å². The van der Waals surface area contributed by atoms with Crippen LogP contribution in [0.1, 0.15) is 38.2 Å². The fourth-order valence-corrected chi connectivity index (χ4v) is 4.39. The summed E-state index contributed by atoms with van der Waals surface area (Å²) in [6, 6.07) is 12.8. The van der Waals surface area contributed by atoms with Gasteiger partial charge in [-0.25, -0.2) is 18.7 Å². The second kappa shape index (κ2) is 9.30. The van der Waals surface area contributed by atoms with Crippen molar-refractivity contribution in [2.24, 2.45) is 11.1 Å². The summed E-state index contributed by atoms with van der Waals surface area (Å²) in [4.78, 5) is 6.62. The van der Waals surface area contributed by atoms with Crippen molar-refractivity contribution >= 4 is 0 Å². The third-order valence-corrected chi connectivity index (χ3v) is 5.88. The van der Waals surface area contributed by atoms with Crippen LogP contribution in [0.3, 0.4) is 0 Å². The lowest BCUT2D eigenvalue weighted by Crippen LogP contribution is -2.42. The number of nitrogens with zero attached hydrogens (tertiary/aromatic N) is 3. The Kier molecular flexibility index (Phi) is 6.63. The predicted molar refractivity (Wildman–Crippen MR) is 122 cm³/mol. The normalized spacial score (nSPS) is 20.3. The summed E-state index contributed by atoms with van der Waals surface area (Å²) in [5.74, 6) is -0.454. The van der Waals surface area contributed by atoms with Crippen molar-refractivity contribution in [3.63, 3.8) is 0 Å². The Morgan fingerprint density at radius 2 is 1.91 bits per heavy atom. The quantitative estimate of drug-likeness (QED) is 0.588. The molecule has 176 valence electrons. The number of aliphatic hydroxyl groups excluding tert-OH is 1. The van der Waals surface area contributed by atoms with Crippen LogP contribution in [-0.2, 0) is 11.3 Å². The third-order valence-electron chi connectivity index (χ3n) is 5.88. The highest BCUT2D eigenvalue weighted by Crippen LogP contribution is 2.41. The van der Waals surface area contributed by atoms with Crippen LogP contribution in [0.2, 0.25) is 0 Å². The summed E-state index contributed by atoms with van der Waals surface area (Å²) in [6.07, 6.45) is 0.296. The average Bonchev–Trinajstić information content (AvgIpc) is 3.33. The van der Waals surface area contributed by atoms with Gasteiger partial charge in [-0.3, -0.25) is 0 Å². The van der Waals surface area contributed by atoms with Crippen LogP contribution in [0.5, 0.6) is 0 Å². The number of aliphatic hydroxyl groups is 1. The van der Waals surface area contributed by atoms with Gasteiger partial charge in [0.25, 0.3) is 0 Å². The zero-order valence-electron chi connectivity index (χ0n) is 19.1. The van der Waals surface area contributed by atoms with Crippen LogP contribution < -0.4 is 5.73 Å². The number of aromatic nitrogens is 2. The fraction of sp³-hybridized carbons (Fsp3) is 0.400. The monoisotopic (exact) mass is 456 g/mol. The van der Waals surface area contributed by atoms with Gasteiger partial charge in [0.2, 0.25) is 6.41 Å². The largest absolute Gasteiger partial charge is 0.356 e. The molecule has 0 aliphatic carbocycles. The van der Waals surface area contributed by atoms with Crippen LogP contribution in [0.15, 0.2) is 54.7 Å². The van der Waals surface area contributed by atoms with Crippen molar-refractivity contribution < 1.29 is 18.6 Å². The molecule has 0 spiro atoms. The van der Waals surface area contributed by atoms with Gasteiger partial charge in [-0.05, 0) is 29.2 Å². The Bertz CT molecular complexity index is 1100. The summed E-state index contributed by atoms with van der Waals surface area (Å²) in [6.45, 7) is 7.33. The second-order valence-corrected chi connectivity index (χ2v) is 9.51. The topological polar surface area (TPSA) is 76.5 Å². The van der Waals surface area contributed by atoms with Gasteiger partial charge in [-0.2, -0.15) is 0 Å². The SMILES string of the molecule is CC(C)(C)[C@H](c1nc(-c2cc(F)ccc2F)cn1Cc1ccccc1)N1C[C@H](CN)OC1O. The molecule has 3 aromatic rings. The molecule has 2 aromatic carbocycles. The van der Waals surface area contributed by atoms with E-state index in [0.29, 0.717) is 24.6 Å². The van der Waals surface area contributed by atoms with Gasteiger partial charge >= 0.3 is 0 Å². The van der Waals surface area contributed by atoms with E-state index in [0.717, 1.165) is 23.8 Å². The van der Waals surface area contributed by atoms with Gasteiger partial charge in [0.05, 0.1) is 17.8 Å². The molecular formula is C25H30F2N4O2. The maximum absolute atomic E-state index is 14.6. The van der Waals surface area contributed by atoms with E-state index in [4.69, 9.17) is 15.5 Å². The van der Waals surface area contributed by atoms with Gasteiger partial charge in [-0.15, -0.1) is 0 Å².